The molecule has 0 saturated carbocycles. The Morgan fingerprint density at radius 1 is 1.04 bits per heavy atom. The quantitative estimate of drug-likeness (QED) is 0.580. The molecular formula is C19H25ClN4O3. The Bertz CT molecular complexity index is 751. The van der Waals surface area contributed by atoms with Crippen molar-refractivity contribution in [3.63, 3.8) is 0 Å². The van der Waals surface area contributed by atoms with Crippen molar-refractivity contribution < 1.29 is 14.3 Å². The molecule has 0 fully saturated rings. The number of carbonyl (C=O) groups is 2. The van der Waals surface area contributed by atoms with Crippen LogP contribution in [0.5, 0.6) is 5.75 Å². The van der Waals surface area contributed by atoms with Crippen LogP contribution in [0.2, 0.25) is 0 Å². The molecule has 3 amide bonds. The highest BCUT2D eigenvalue weighted by molar-refractivity contribution is 6.05. The summed E-state index contributed by atoms with van der Waals surface area (Å²) in [6, 6.07) is 13.5. The van der Waals surface area contributed by atoms with E-state index in [-0.39, 0.29) is 30.4 Å². The summed E-state index contributed by atoms with van der Waals surface area (Å²) < 4.78 is 5.40. The van der Waals surface area contributed by atoms with E-state index in [0.717, 1.165) is 0 Å². The van der Waals surface area contributed by atoms with Crippen LogP contribution < -0.4 is 26.4 Å². The number of rotatable bonds is 7. The molecule has 0 heterocycles. The van der Waals surface area contributed by atoms with Crippen molar-refractivity contribution in [2.75, 3.05) is 23.8 Å². The molecule has 0 spiro atoms. The number of hydrogen-bond acceptors (Lipinski definition) is 4. The summed E-state index contributed by atoms with van der Waals surface area (Å²) in [5.74, 6) is 0.421. The van der Waals surface area contributed by atoms with Crippen LogP contribution in [-0.2, 0) is 0 Å². The summed E-state index contributed by atoms with van der Waals surface area (Å²) in [5, 5.41) is 8.24. The normalized spacial score (nSPS) is 9.93. The van der Waals surface area contributed by atoms with Gasteiger partial charge in [0.25, 0.3) is 5.91 Å². The first-order valence-electron chi connectivity index (χ1n) is 8.40. The molecule has 0 saturated heterocycles. The lowest BCUT2D eigenvalue weighted by molar-refractivity contribution is 0.102. The molecule has 2 aromatic rings. The second kappa shape index (κ2) is 11.1. The van der Waals surface area contributed by atoms with Crippen LogP contribution in [0.1, 0.15) is 24.2 Å². The number of nitrogens with one attached hydrogen (secondary N) is 3. The van der Waals surface area contributed by atoms with Gasteiger partial charge >= 0.3 is 6.03 Å². The molecule has 8 heteroatoms. The zero-order chi connectivity index (χ0) is 18.9. The van der Waals surface area contributed by atoms with Gasteiger partial charge in [-0.2, -0.15) is 0 Å². The number of hydrogen-bond donors (Lipinski definition) is 4. The molecule has 0 bridgehead atoms. The van der Waals surface area contributed by atoms with Gasteiger partial charge in [0.05, 0.1) is 0 Å². The third-order valence-corrected chi connectivity index (χ3v) is 3.30. The monoisotopic (exact) mass is 392 g/mol. The van der Waals surface area contributed by atoms with E-state index in [9.17, 15) is 9.59 Å². The van der Waals surface area contributed by atoms with Gasteiger partial charge in [-0.05, 0) is 56.3 Å². The fourth-order valence-corrected chi connectivity index (χ4v) is 2.18. The first-order chi connectivity index (χ1) is 12.5. The van der Waals surface area contributed by atoms with Crippen LogP contribution in [0.15, 0.2) is 48.5 Å². The predicted octanol–water partition coefficient (Wildman–Crippen LogP) is 3.23. The van der Waals surface area contributed by atoms with Gasteiger partial charge in [-0.3, -0.25) is 4.79 Å². The summed E-state index contributed by atoms with van der Waals surface area (Å²) >= 11 is 0. The van der Waals surface area contributed by atoms with Crippen LogP contribution in [0.4, 0.5) is 16.2 Å². The molecule has 0 aliphatic carbocycles. The van der Waals surface area contributed by atoms with Gasteiger partial charge < -0.3 is 26.4 Å². The summed E-state index contributed by atoms with van der Waals surface area (Å²) in [7, 11) is 0. The number of carbonyl (C=O) groups excluding carboxylic acids is 2. The van der Waals surface area contributed by atoms with Gasteiger partial charge in [-0.15, -0.1) is 12.4 Å². The van der Waals surface area contributed by atoms with Crippen molar-refractivity contribution in [1.82, 2.24) is 5.32 Å². The smallest absolute Gasteiger partial charge is 0.319 e. The molecule has 0 atom stereocenters. The molecule has 0 aliphatic heterocycles. The maximum atomic E-state index is 12.4. The zero-order valence-corrected chi connectivity index (χ0v) is 16.1. The van der Waals surface area contributed by atoms with Crippen molar-refractivity contribution in [2.24, 2.45) is 5.73 Å². The van der Waals surface area contributed by atoms with E-state index in [1.807, 2.05) is 13.8 Å². The van der Waals surface area contributed by atoms with Crippen LogP contribution >= 0.6 is 12.4 Å². The Kier molecular flexibility index (Phi) is 9.12. The van der Waals surface area contributed by atoms with E-state index >= 15 is 0 Å². The summed E-state index contributed by atoms with van der Waals surface area (Å²) in [5.41, 5.74) is 7.02. The van der Waals surface area contributed by atoms with Crippen LogP contribution in [-0.4, -0.2) is 31.1 Å². The Morgan fingerprint density at radius 2 is 1.74 bits per heavy atom. The molecule has 0 aromatic heterocycles. The number of halogens is 1. The zero-order valence-electron chi connectivity index (χ0n) is 15.3. The second-order valence-corrected chi connectivity index (χ2v) is 5.95. The van der Waals surface area contributed by atoms with Crippen molar-refractivity contribution >= 4 is 35.7 Å². The van der Waals surface area contributed by atoms with E-state index in [1.54, 1.807) is 48.5 Å². The highest BCUT2D eigenvalue weighted by Gasteiger charge is 2.09. The van der Waals surface area contributed by atoms with Crippen molar-refractivity contribution in [1.29, 1.82) is 0 Å². The minimum absolute atomic E-state index is 0. The number of nitrogens with two attached hydrogens (primary N) is 1. The van der Waals surface area contributed by atoms with Crippen molar-refractivity contribution in [3.8, 4) is 5.75 Å². The number of amides is 3. The topological polar surface area (TPSA) is 105 Å². The van der Waals surface area contributed by atoms with Gasteiger partial charge in [-0.25, -0.2) is 4.79 Å². The maximum absolute atomic E-state index is 12.4. The van der Waals surface area contributed by atoms with Gasteiger partial charge in [0.15, 0.2) is 0 Å². The SMILES string of the molecule is CC(C)NC(=O)Nc1cccc(C(=O)Nc2ccc(OCCN)cc2)c1.Cl. The fourth-order valence-electron chi connectivity index (χ4n) is 2.18. The Balaban J connectivity index is 0.00000364. The number of anilines is 2. The molecular weight excluding hydrogens is 368 g/mol. The fraction of sp³-hybridized carbons (Fsp3) is 0.263. The summed E-state index contributed by atoms with van der Waals surface area (Å²) in [6.07, 6.45) is 0. The van der Waals surface area contributed by atoms with E-state index in [2.05, 4.69) is 16.0 Å². The number of urea groups is 1. The average molecular weight is 393 g/mol. The minimum atomic E-state index is -0.314. The minimum Gasteiger partial charge on any atom is -0.492 e. The third-order valence-electron chi connectivity index (χ3n) is 3.30. The van der Waals surface area contributed by atoms with Gasteiger partial charge in [-0.1, -0.05) is 6.07 Å². The number of ether oxygens (including phenoxy) is 1. The first-order valence-corrected chi connectivity index (χ1v) is 8.40. The Labute approximate surface area is 165 Å². The third kappa shape index (κ3) is 7.55. The Hall–Kier alpha value is -2.77. The maximum Gasteiger partial charge on any atom is 0.319 e. The highest BCUT2D eigenvalue weighted by atomic mass is 35.5. The molecule has 146 valence electrons. The van der Waals surface area contributed by atoms with Gasteiger partial charge in [0.2, 0.25) is 0 Å². The van der Waals surface area contributed by atoms with Crippen molar-refractivity contribution in [2.45, 2.75) is 19.9 Å². The lowest BCUT2D eigenvalue weighted by atomic mass is 10.2. The molecule has 2 rings (SSSR count). The van der Waals surface area contributed by atoms with E-state index in [1.165, 1.54) is 0 Å². The molecule has 0 aliphatic rings. The van der Waals surface area contributed by atoms with E-state index < -0.39 is 0 Å². The van der Waals surface area contributed by atoms with E-state index in [0.29, 0.717) is 35.8 Å². The molecule has 7 nitrogen and oxygen atoms in total. The standard InChI is InChI=1S/C19H24N4O3.ClH/c1-13(2)21-19(25)23-16-5-3-4-14(12-16)18(24)22-15-6-8-17(9-7-15)26-11-10-20;/h3-9,12-13H,10-11,20H2,1-2H3,(H,22,24)(H2,21,23,25);1H. The van der Waals surface area contributed by atoms with Crippen LogP contribution in [0.3, 0.4) is 0 Å². The number of benzene rings is 2. The average Bonchev–Trinajstić information content (AvgIpc) is 2.60. The summed E-state index contributed by atoms with van der Waals surface area (Å²) in [4.78, 5) is 24.2. The second-order valence-electron chi connectivity index (χ2n) is 5.95. The lowest BCUT2D eigenvalue weighted by Crippen LogP contribution is -2.34. The lowest BCUT2D eigenvalue weighted by Gasteiger charge is -2.11. The predicted molar refractivity (Wildman–Crippen MR) is 110 cm³/mol. The van der Waals surface area contributed by atoms with Gasteiger partial charge in [0, 0.05) is 29.5 Å². The molecule has 0 unspecified atom stereocenters. The van der Waals surface area contributed by atoms with Gasteiger partial charge in [0.1, 0.15) is 12.4 Å². The Morgan fingerprint density at radius 3 is 2.37 bits per heavy atom. The van der Waals surface area contributed by atoms with Crippen LogP contribution in [0.25, 0.3) is 0 Å². The molecule has 27 heavy (non-hydrogen) atoms. The molecule has 0 radical (unpaired) electrons. The van der Waals surface area contributed by atoms with Crippen molar-refractivity contribution in [3.05, 3.63) is 54.1 Å². The molecule has 2 aromatic carbocycles. The highest BCUT2D eigenvalue weighted by Crippen LogP contribution is 2.17. The molecule has 5 N–H and O–H groups in total. The van der Waals surface area contributed by atoms with Crippen LogP contribution in [0, 0.1) is 0 Å². The summed E-state index contributed by atoms with van der Waals surface area (Å²) in [6.45, 7) is 4.62. The largest absolute Gasteiger partial charge is 0.492 e. The van der Waals surface area contributed by atoms with E-state index in [4.69, 9.17) is 10.5 Å². The first kappa shape index (κ1) is 22.3.